The first kappa shape index (κ1) is 22.7. The molecule has 0 aliphatic carbocycles. The van der Waals surface area contributed by atoms with Crippen LogP contribution in [0.25, 0.3) is 22.2 Å². The number of carboxylic acids is 1. The summed E-state index contributed by atoms with van der Waals surface area (Å²) in [4.78, 5) is 20.1. The Morgan fingerprint density at radius 1 is 1.18 bits per heavy atom. The molecular formula is C25H24ClFN4O2. The van der Waals surface area contributed by atoms with E-state index in [0.717, 1.165) is 28.6 Å². The first-order valence-corrected chi connectivity index (χ1v) is 11.1. The van der Waals surface area contributed by atoms with E-state index < -0.39 is 5.97 Å². The van der Waals surface area contributed by atoms with E-state index in [4.69, 9.17) is 11.6 Å². The number of aromatic carboxylic acids is 1. The highest BCUT2D eigenvalue weighted by molar-refractivity contribution is 6.31. The zero-order valence-corrected chi connectivity index (χ0v) is 19.2. The third-order valence-corrected chi connectivity index (χ3v) is 5.80. The summed E-state index contributed by atoms with van der Waals surface area (Å²) in [5, 5.41) is 13.8. The molecule has 170 valence electrons. The van der Waals surface area contributed by atoms with Crippen LogP contribution in [0.1, 0.15) is 35.0 Å². The van der Waals surface area contributed by atoms with Crippen molar-refractivity contribution in [2.45, 2.75) is 33.2 Å². The highest BCUT2D eigenvalue weighted by Gasteiger charge is 2.13. The van der Waals surface area contributed by atoms with Crippen molar-refractivity contribution in [2.24, 2.45) is 0 Å². The molecule has 0 saturated carbocycles. The van der Waals surface area contributed by atoms with Gasteiger partial charge in [-0.3, -0.25) is 0 Å². The second-order valence-corrected chi connectivity index (χ2v) is 8.34. The third-order valence-electron chi connectivity index (χ3n) is 5.58. The summed E-state index contributed by atoms with van der Waals surface area (Å²) in [5.74, 6) is -0.638. The second kappa shape index (κ2) is 9.58. The summed E-state index contributed by atoms with van der Waals surface area (Å²) < 4.78 is 16.4. The van der Waals surface area contributed by atoms with Gasteiger partial charge < -0.3 is 15.0 Å². The molecule has 0 aliphatic rings. The number of hydrogen-bond acceptors (Lipinski definition) is 4. The van der Waals surface area contributed by atoms with Crippen LogP contribution in [0.15, 0.2) is 48.8 Å². The normalized spacial score (nSPS) is 11.2. The van der Waals surface area contributed by atoms with Crippen LogP contribution in [-0.2, 0) is 13.0 Å². The molecule has 0 unspecified atom stereocenters. The minimum Gasteiger partial charge on any atom is -0.478 e. The van der Waals surface area contributed by atoms with E-state index in [9.17, 15) is 14.3 Å². The first-order chi connectivity index (χ1) is 15.9. The lowest BCUT2D eigenvalue weighted by atomic mass is 9.99. The Morgan fingerprint density at radius 2 is 2.00 bits per heavy atom. The van der Waals surface area contributed by atoms with Crippen LogP contribution >= 0.6 is 11.6 Å². The van der Waals surface area contributed by atoms with Gasteiger partial charge in [0.1, 0.15) is 18.0 Å². The van der Waals surface area contributed by atoms with E-state index in [1.807, 2.05) is 36.6 Å². The quantitative estimate of drug-likeness (QED) is 0.335. The number of rotatable bonds is 8. The SMILES string of the molecule is CCCc1cc(-c2cc(NCCn3c(C)cc4cc(Cl)cc(F)c43)ncn2)ccc1C(=O)O. The predicted octanol–water partition coefficient (Wildman–Crippen LogP) is 5.96. The minimum atomic E-state index is -0.929. The number of anilines is 1. The van der Waals surface area contributed by atoms with E-state index in [-0.39, 0.29) is 5.82 Å². The topological polar surface area (TPSA) is 80.0 Å². The maximum absolute atomic E-state index is 14.5. The van der Waals surface area contributed by atoms with E-state index in [1.54, 1.807) is 18.2 Å². The van der Waals surface area contributed by atoms with Gasteiger partial charge in [0.2, 0.25) is 0 Å². The number of halogens is 2. The molecule has 0 bridgehead atoms. The Balaban J connectivity index is 1.52. The number of hydrogen-bond donors (Lipinski definition) is 2. The van der Waals surface area contributed by atoms with E-state index in [0.29, 0.717) is 47.1 Å². The smallest absolute Gasteiger partial charge is 0.335 e. The summed E-state index contributed by atoms with van der Waals surface area (Å²) in [6.45, 7) is 5.02. The van der Waals surface area contributed by atoms with Crippen LogP contribution in [0.5, 0.6) is 0 Å². The van der Waals surface area contributed by atoms with Gasteiger partial charge >= 0.3 is 5.97 Å². The lowest BCUT2D eigenvalue weighted by Gasteiger charge is -2.12. The van der Waals surface area contributed by atoms with E-state index in [1.165, 1.54) is 12.4 Å². The lowest BCUT2D eigenvalue weighted by Crippen LogP contribution is -2.13. The van der Waals surface area contributed by atoms with Gasteiger partial charge in [-0.2, -0.15) is 0 Å². The molecule has 0 saturated heterocycles. The zero-order valence-electron chi connectivity index (χ0n) is 18.4. The Labute approximate surface area is 196 Å². The van der Waals surface area contributed by atoms with Gasteiger partial charge in [0.05, 0.1) is 16.8 Å². The van der Waals surface area contributed by atoms with Crippen LogP contribution in [0.2, 0.25) is 5.02 Å². The summed E-state index contributed by atoms with van der Waals surface area (Å²) in [7, 11) is 0. The Hall–Kier alpha value is -3.45. The fourth-order valence-electron chi connectivity index (χ4n) is 4.09. The van der Waals surface area contributed by atoms with Crippen LogP contribution < -0.4 is 5.32 Å². The zero-order chi connectivity index (χ0) is 23.5. The molecule has 6 nitrogen and oxygen atoms in total. The number of aryl methyl sites for hydroxylation is 2. The molecule has 0 spiro atoms. The molecule has 4 rings (SSSR count). The maximum atomic E-state index is 14.5. The maximum Gasteiger partial charge on any atom is 0.335 e. The first-order valence-electron chi connectivity index (χ1n) is 10.7. The number of benzene rings is 2. The van der Waals surface area contributed by atoms with Crippen molar-refractivity contribution >= 4 is 34.3 Å². The van der Waals surface area contributed by atoms with Gasteiger partial charge in [0.25, 0.3) is 0 Å². The van der Waals surface area contributed by atoms with Crippen LogP contribution in [0.3, 0.4) is 0 Å². The van der Waals surface area contributed by atoms with Gasteiger partial charge in [0, 0.05) is 40.8 Å². The Bertz CT molecular complexity index is 1340. The summed E-state index contributed by atoms with van der Waals surface area (Å²) in [6, 6.07) is 12.1. The molecule has 2 aromatic heterocycles. The molecular weight excluding hydrogens is 443 g/mol. The summed E-state index contributed by atoms with van der Waals surface area (Å²) in [6.07, 6.45) is 3.00. The van der Waals surface area contributed by atoms with Gasteiger partial charge in [-0.05, 0) is 49.2 Å². The van der Waals surface area contributed by atoms with Crippen LogP contribution in [0, 0.1) is 12.7 Å². The number of carboxylic acid groups (broad SMARTS) is 1. The molecule has 0 fully saturated rings. The Morgan fingerprint density at radius 3 is 2.76 bits per heavy atom. The van der Waals surface area contributed by atoms with E-state index >= 15 is 0 Å². The minimum absolute atomic E-state index is 0.316. The predicted molar refractivity (Wildman–Crippen MR) is 129 cm³/mol. The van der Waals surface area contributed by atoms with Gasteiger partial charge in [-0.25, -0.2) is 19.2 Å². The van der Waals surface area contributed by atoms with Gasteiger partial charge in [-0.15, -0.1) is 0 Å². The van der Waals surface area contributed by atoms with Crippen molar-refractivity contribution in [1.29, 1.82) is 0 Å². The molecule has 33 heavy (non-hydrogen) atoms. The number of aromatic nitrogens is 3. The molecule has 0 aliphatic heterocycles. The van der Waals surface area contributed by atoms with Crippen molar-refractivity contribution in [1.82, 2.24) is 14.5 Å². The van der Waals surface area contributed by atoms with Gasteiger partial charge in [0.15, 0.2) is 0 Å². The number of nitrogens with one attached hydrogen (secondary N) is 1. The molecule has 0 amide bonds. The lowest BCUT2D eigenvalue weighted by molar-refractivity contribution is 0.0695. The Kier molecular flexibility index (Phi) is 6.60. The molecule has 4 aromatic rings. The largest absolute Gasteiger partial charge is 0.478 e. The molecule has 0 atom stereocenters. The molecule has 8 heteroatoms. The van der Waals surface area contributed by atoms with Gasteiger partial charge in [-0.1, -0.05) is 31.0 Å². The molecule has 2 heterocycles. The second-order valence-electron chi connectivity index (χ2n) is 7.91. The molecule has 2 aromatic carbocycles. The molecule has 0 radical (unpaired) electrons. The van der Waals surface area contributed by atoms with Crippen molar-refractivity contribution in [3.05, 3.63) is 76.5 Å². The van der Waals surface area contributed by atoms with Crippen molar-refractivity contribution in [2.75, 3.05) is 11.9 Å². The number of carbonyl (C=O) groups is 1. The summed E-state index contributed by atoms with van der Waals surface area (Å²) in [5.41, 5.74) is 4.11. The fraction of sp³-hybridized carbons (Fsp3) is 0.240. The fourth-order valence-corrected chi connectivity index (χ4v) is 4.31. The monoisotopic (exact) mass is 466 g/mol. The van der Waals surface area contributed by atoms with Crippen molar-refractivity contribution < 1.29 is 14.3 Å². The summed E-state index contributed by atoms with van der Waals surface area (Å²) >= 11 is 5.98. The average molecular weight is 467 g/mol. The van der Waals surface area contributed by atoms with Crippen molar-refractivity contribution in [3.8, 4) is 11.3 Å². The standard InChI is InChI=1S/C25H24ClFN4O2/c1-3-4-16-10-17(5-6-20(16)25(32)33)22-13-23(30-14-29-22)28-7-8-31-15(2)9-18-11-19(26)12-21(27)24(18)31/h5-6,9-14H,3-4,7-8H2,1-2H3,(H,32,33)(H,28,29,30). The van der Waals surface area contributed by atoms with Crippen molar-refractivity contribution in [3.63, 3.8) is 0 Å². The number of fused-ring (bicyclic) bond motifs is 1. The van der Waals surface area contributed by atoms with Crippen LogP contribution in [-0.4, -0.2) is 32.2 Å². The van der Waals surface area contributed by atoms with Crippen LogP contribution in [0.4, 0.5) is 10.2 Å². The third kappa shape index (κ3) is 4.83. The number of nitrogens with zero attached hydrogens (tertiary/aromatic N) is 3. The average Bonchev–Trinajstić information content (AvgIpc) is 3.09. The highest BCUT2D eigenvalue weighted by atomic mass is 35.5. The highest BCUT2D eigenvalue weighted by Crippen LogP contribution is 2.27. The van der Waals surface area contributed by atoms with E-state index in [2.05, 4.69) is 15.3 Å². The molecule has 2 N–H and O–H groups in total.